The molecule has 1 aliphatic rings. The van der Waals surface area contributed by atoms with Crippen molar-refractivity contribution in [2.75, 3.05) is 5.32 Å². The quantitative estimate of drug-likeness (QED) is 0.850. The van der Waals surface area contributed by atoms with Crippen LogP contribution < -0.4 is 10.8 Å². The predicted molar refractivity (Wildman–Crippen MR) is 92.0 cm³/mol. The maximum Gasteiger partial charge on any atom is 0.494 e. The molecule has 23 heavy (non-hydrogen) atoms. The minimum Gasteiger partial charge on any atom is -0.444 e. The molecular formula is C17H26BNO4. The molecule has 0 aromatic heterocycles. The third-order valence-electron chi connectivity index (χ3n) is 3.39. The van der Waals surface area contributed by atoms with Crippen molar-refractivity contribution in [2.24, 2.45) is 0 Å². The van der Waals surface area contributed by atoms with Crippen molar-refractivity contribution in [1.29, 1.82) is 0 Å². The van der Waals surface area contributed by atoms with Crippen molar-refractivity contribution < 1.29 is 18.8 Å². The van der Waals surface area contributed by atoms with Crippen molar-refractivity contribution in [3.63, 3.8) is 0 Å². The third kappa shape index (κ3) is 5.55. The molecule has 126 valence electrons. The Morgan fingerprint density at radius 3 is 2.43 bits per heavy atom. The first kappa shape index (κ1) is 17.8. The van der Waals surface area contributed by atoms with Crippen LogP contribution in [0, 0.1) is 0 Å². The summed E-state index contributed by atoms with van der Waals surface area (Å²) in [6.45, 7) is 11.7. The summed E-state index contributed by atoms with van der Waals surface area (Å²) in [6.07, 6.45) is 0.537. The van der Waals surface area contributed by atoms with Crippen LogP contribution in [0.25, 0.3) is 0 Å². The van der Waals surface area contributed by atoms with Crippen LogP contribution in [0.2, 0.25) is 0 Å². The molecule has 2 rings (SSSR count). The molecule has 1 fully saturated rings. The number of ether oxygens (including phenoxy) is 1. The first-order valence-corrected chi connectivity index (χ1v) is 7.97. The molecular weight excluding hydrogens is 293 g/mol. The second kappa shape index (κ2) is 6.53. The molecule has 1 amide bonds. The average Bonchev–Trinajstić information content (AvgIpc) is 2.34. The lowest BCUT2D eigenvalue weighted by molar-refractivity contribution is -0.0229. The first-order valence-electron chi connectivity index (χ1n) is 7.97. The molecule has 6 heteroatoms. The van der Waals surface area contributed by atoms with Gasteiger partial charge in [-0.05, 0) is 65.6 Å². The van der Waals surface area contributed by atoms with Gasteiger partial charge in [0.2, 0.25) is 0 Å². The number of carbonyl (C=O) groups excluding carboxylic acids is 1. The van der Waals surface area contributed by atoms with Crippen LogP contribution in [0.5, 0.6) is 0 Å². The standard InChI is InChI=1S/C17H26BNO4/c1-12-11-17(5,6)23-18(22-12)13-7-9-14(10-8-13)19-15(20)21-16(2,3)4/h7-10,12H,11H2,1-6H3,(H,19,20). The number of benzene rings is 1. The number of rotatable bonds is 2. The van der Waals surface area contributed by atoms with Crippen LogP contribution in [-0.2, 0) is 14.0 Å². The zero-order valence-electron chi connectivity index (χ0n) is 14.8. The minimum absolute atomic E-state index is 0.142. The van der Waals surface area contributed by atoms with Gasteiger partial charge in [-0.25, -0.2) is 4.79 Å². The normalized spacial score (nSPS) is 21.0. The van der Waals surface area contributed by atoms with Gasteiger partial charge in [0.15, 0.2) is 0 Å². The van der Waals surface area contributed by atoms with Crippen LogP contribution in [0.15, 0.2) is 24.3 Å². The van der Waals surface area contributed by atoms with E-state index in [1.54, 1.807) is 0 Å². The van der Waals surface area contributed by atoms with Gasteiger partial charge >= 0.3 is 13.2 Å². The lowest BCUT2D eigenvalue weighted by atomic mass is 9.75. The SMILES string of the molecule is CC1CC(C)(C)OB(c2ccc(NC(=O)OC(C)(C)C)cc2)O1. The predicted octanol–water partition coefficient (Wildman–Crippen LogP) is 3.33. The highest BCUT2D eigenvalue weighted by molar-refractivity contribution is 6.61. The van der Waals surface area contributed by atoms with Crippen LogP contribution in [0.3, 0.4) is 0 Å². The van der Waals surface area contributed by atoms with E-state index in [1.807, 2.05) is 45.0 Å². The van der Waals surface area contributed by atoms with Gasteiger partial charge in [-0.3, -0.25) is 5.32 Å². The zero-order valence-corrected chi connectivity index (χ0v) is 14.8. The van der Waals surface area contributed by atoms with E-state index < -0.39 is 11.7 Å². The first-order chi connectivity index (χ1) is 10.5. The van der Waals surface area contributed by atoms with Gasteiger partial charge in [0, 0.05) is 11.8 Å². The lowest BCUT2D eigenvalue weighted by Gasteiger charge is -2.38. The van der Waals surface area contributed by atoms with Crippen molar-refractivity contribution >= 4 is 24.4 Å². The smallest absolute Gasteiger partial charge is 0.444 e. The van der Waals surface area contributed by atoms with E-state index in [0.717, 1.165) is 11.9 Å². The molecule has 0 spiro atoms. The van der Waals surface area contributed by atoms with Gasteiger partial charge in [0.05, 0.1) is 5.60 Å². The topological polar surface area (TPSA) is 56.8 Å². The Balaban J connectivity index is 2.01. The second-order valence-electron chi connectivity index (χ2n) is 7.61. The molecule has 5 nitrogen and oxygen atoms in total. The van der Waals surface area contributed by atoms with Gasteiger partial charge in [0.25, 0.3) is 0 Å². The van der Waals surface area contributed by atoms with Gasteiger partial charge in [-0.15, -0.1) is 0 Å². The maximum absolute atomic E-state index is 11.8. The lowest BCUT2D eigenvalue weighted by Crippen LogP contribution is -2.51. The van der Waals surface area contributed by atoms with Crippen LogP contribution in [0.1, 0.15) is 48.0 Å². The Morgan fingerprint density at radius 1 is 1.30 bits per heavy atom. The number of amides is 1. The highest BCUT2D eigenvalue weighted by Crippen LogP contribution is 2.25. The molecule has 1 heterocycles. The van der Waals surface area contributed by atoms with E-state index in [9.17, 15) is 4.79 Å². The monoisotopic (exact) mass is 319 g/mol. The number of carbonyl (C=O) groups is 1. The van der Waals surface area contributed by atoms with Gasteiger partial charge in [-0.1, -0.05) is 12.1 Å². The molecule has 0 aliphatic carbocycles. The van der Waals surface area contributed by atoms with Crippen molar-refractivity contribution in [3.8, 4) is 0 Å². The summed E-state index contributed by atoms with van der Waals surface area (Å²) in [5.74, 6) is 0. The number of anilines is 1. The third-order valence-corrected chi connectivity index (χ3v) is 3.39. The van der Waals surface area contributed by atoms with Crippen molar-refractivity contribution in [3.05, 3.63) is 24.3 Å². The van der Waals surface area contributed by atoms with E-state index in [2.05, 4.69) is 26.1 Å². The number of hydrogen-bond acceptors (Lipinski definition) is 4. The Morgan fingerprint density at radius 2 is 1.91 bits per heavy atom. The molecule has 0 saturated carbocycles. The number of nitrogens with one attached hydrogen (secondary N) is 1. The fourth-order valence-electron chi connectivity index (χ4n) is 2.61. The fourth-order valence-corrected chi connectivity index (χ4v) is 2.61. The molecule has 1 aromatic carbocycles. The minimum atomic E-state index is -0.518. The summed E-state index contributed by atoms with van der Waals surface area (Å²) in [6, 6.07) is 7.42. The van der Waals surface area contributed by atoms with Gasteiger partial charge < -0.3 is 14.0 Å². The van der Waals surface area contributed by atoms with E-state index in [4.69, 9.17) is 14.0 Å². The van der Waals surface area contributed by atoms with E-state index >= 15 is 0 Å². The van der Waals surface area contributed by atoms with Crippen molar-refractivity contribution in [2.45, 2.75) is 65.3 Å². The Bertz CT molecular complexity index is 551. The highest BCUT2D eigenvalue weighted by Gasteiger charge is 2.38. The second-order valence-corrected chi connectivity index (χ2v) is 7.61. The summed E-state index contributed by atoms with van der Waals surface area (Å²) in [5.41, 5.74) is 0.871. The molecule has 1 aromatic rings. The van der Waals surface area contributed by atoms with E-state index in [0.29, 0.717) is 5.69 Å². The van der Waals surface area contributed by atoms with Gasteiger partial charge in [0.1, 0.15) is 5.60 Å². The molecule has 0 bridgehead atoms. The Hall–Kier alpha value is -1.53. The summed E-state index contributed by atoms with van der Waals surface area (Å²) in [5, 5.41) is 2.71. The summed E-state index contributed by atoms with van der Waals surface area (Å²) < 4.78 is 17.1. The number of hydrogen-bond donors (Lipinski definition) is 1. The Labute approximate surface area is 138 Å². The summed E-state index contributed by atoms with van der Waals surface area (Å²) in [4.78, 5) is 11.8. The van der Waals surface area contributed by atoms with Crippen LogP contribution in [0.4, 0.5) is 10.5 Å². The van der Waals surface area contributed by atoms with Crippen LogP contribution in [-0.4, -0.2) is 30.5 Å². The molecule has 1 N–H and O–H groups in total. The maximum atomic E-state index is 11.8. The van der Waals surface area contributed by atoms with E-state index in [-0.39, 0.29) is 18.8 Å². The molecule has 1 saturated heterocycles. The molecule has 1 aliphatic heterocycles. The molecule has 0 radical (unpaired) electrons. The van der Waals surface area contributed by atoms with E-state index in [1.165, 1.54) is 0 Å². The average molecular weight is 319 g/mol. The van der Waals surface area contributed by atoms with Gasteiger partial charge in [-0.2, -0.15) is 0 Å². The van der Waals surface area contributed by atoms with Crippen LogP contribution >= 0.6 is 0 Å². The highest BCUT2D eigenvalue weighted by atomic mass is 16.6. The summed E-state index contributed by atoms with van der Waals surface area (Å²) in [7, 11) is -0.385. The Kier molecular flexibility index (Phi) is 5.06. The molecule has 1 atom stereocenters. The molecule has 1 unspecified atom stereocenters. The summed E-state index contributed by atoms with van der Waals surface area (Å²) >= 11 is 0. The zero-order chi connectivity index (χ0) is 17.3. The van der Waals surface area contributed by atoms with Crippen molar-refractivity contribution in [1.82, 2.24) is 0 Å². The largest absolute Gasteiger partial charge is 0.494 e. The fraction of sp³-hybridized carbons (Fsp3) is 0.588.